The van der Waals surface area contributed by atoms with E-state index in [0.29, 0.717) is 13.1 Å². The predicted molar refractivity (Wildman–Crippen MR) is 54.9 cm³/mol. The molecule has 4 nitrogen and oxygen atoms in total. The first-order chi connectivity index (χ1) is 6.53. The normalized spacial score (nSPS) is 26.4. The smallest absolute Gasteiger partial charge is 0.242 e. The Morgan fingerprint density at radius 3 is 2.93 bits per heavy atom. The fraction of sp³-hybridized carbons (Fsp3) is 0.700. The Morgan fingerprint density at radius 1 is 1.79 bits per heavy atom. The SMILES string of the molecule is C=CCN1C(=O)C(CO)NCC1(C)C. The third-order valence-corrected chi connectivity index (χ3v) is 2.57. The molecule has 1 aliphatic rings. The Morgan fingerprint density at radius 2 is 2.43 bits per heavy atom. The number of carbonyl (C=O) groups excluding carboxylic acids is 1. The van der Waals surface area contributed by atoms with Crippen molar-refractivity contribution in [1.82, 2.24) is 10.2 Å². The highest BCUT2D eigenvalue weighted by Gasteiger charge is 2.38. The molecule has 14 heavy (non-hydrogen) atoms. The zero-order chi connectivity index (χ0) is 10.8. The highest BCUT2D eigenvalue weighted by molar-refractivity contribution is 5.83. The quantitative estimate of drug-likeness (QED) is 0.615. The number of nitrogens with one attached hydrogen (secondary N) is 1. The van der Waals surface area contributed by atoms with E-state index >= 15 is 0 Å². The molecule has 1 atom stereocenters. The molecule has 4 heteroatoms. The fourth-order valence-electron chi connectivity index (χ4n) is 1.65. The second-order valence-electron chi connectivity index (χ2n) is 4.17. The molecule has 0 aromatic heterocycles. The number of aliphatic hydroxyl groups is 1. The van der Waals surface area contributed by atoms with E-state index in [9.17, 15) is 4.79 Å². The first kappa shape index (κ1) is 11.2. The molecule has 1 aliphatic heterocycles. The molecule has 80 valence electrons. The number of carbonyl (C=O) groups is 1. The lowest BCUT2D eigenvalue weighted by Crippen LogP contribution is -2.65. The maximum Gasteiger partial charge on any atom is 0.242 e. The number of aliphatic hydroxyl groups excluding tert-OH is 1. The van der Waals surface area contributed by atoms with Gasteiger partial charge in [0.2, 0.25) is 5.91 Å². The lowest BCUT2D eigenvalue weighted by Gasteiger charge is -2.44. The number of rotatable bonds is 3. The van der Waals surface area contributed by atoms with Crippen LogP contribution in [0.5, 0.6) is 0 Å². The van der Waals surface area contributed by atoms with E-state index in [2.05, 4.69) is 11.9 Å². The van der Waals surface area contributed by atoms with Gasteiger partial charge in [0.1, 0.15) is 6.04 Å². The van der Waals surface area contributed by atoms with Crippen molar-refractivity contribution in [3.8, 4) is 0 Å². The molecule has 0 radical (unpaired) electrons. The first-order valence-electron chi connectivity index (χ1n) is 4.79. The van der Waals surface area contributed by atoms with Gasteiger partial charge in [-0.3, -0.25) is 4.79 Å². The third-order valence-electron chi connectivity index (χ3n) is 2.57. The number of piperazine rings is 1. The average molecular weight is 198 g/mol. The Kier molecular flexibility index (Phi) is 3.29. The second kappa shape index (κ2) is 4.11. The minimum Gasteiger partial charge on any atom is -0.394 e. The monoisotopic (exact) mass is 198 g/mol. The highest BCUT2D eigenvalue weighted by Crippen LogP contribution is 2.19. The highest BCUT2D eigenvalue weighted by atomic mass is 16.3. The lowest BCUT2D eigenvalue weighted by molar-refractivity contribution is -0.143. The van der Waals surface area contributed by atoms with Gasteiger partial charge in [0.05, 0.1) is 12.1 Å². The Bertz CT molecular complexity index is 238. The summed E-state index contributed by atoms with van der Waals surface area (Å²) in [6.45, 7) is 8.69. The largest absolute Gasteiger partial charge is 0.394 e. The van der Waals surface area contributed by atoms with Crippen molar-refractivity contribution < 1.29 is 9.90 Å². The maximum atomic E-state index is 11.8. The van der Waals surface area contributed by atoms with Crippen LogP contribution in [-0.2, 0) is 4.79 Å². The van der Waals surface area contributed by atoms with Crippen LogP contribution in [0.4, 0.5) is 0 Å². The summed E-state index contributed by atoms with van der Waals surface area (Å²) in [4.78, 5) is 13.6. The molecule has 0 aliphatic carbocycles. The molecule has 1 fully saturated rings. The van der Waals surface area contributed by atoms with Crippen molar-refractivity contribution in [1.29, 1.82) is 0 Å². The van der Waals surface area contributed by atoms with Crippen molar-refractivity contribution in [2.75, 3.05) is 19.7 Å². The predicted octanol–water partition coefficient (Wildman–Crippen LogP) is -0.256. The van der Waals surface area contributed by atoms with Crippen LogP contribution in [0.15, 0.2) is 12.7 Å². The summed E-state index contributed by atoms with van der Waals surface area (Å²) in [5.41, 5.74) is -0.211. The van der Waals surface area contributed by atoms with E-state index in [1.165, 1.54) is 0 Å². The molecule has 0 aromatic carbocycles. The van der Waals surface area contributed by atoms with Crippen molar-refractivity contribution >= 4 is 5.91 Å². The second-order valence-corrected chi connectivity index (χ2v) is 4.17. The molecule has 1 saturated heterocycles. The zero-order valence-electron chi connectivity index (χ0n) is 8.79. The van der Waals surface area contributed by atoms with E-state index in [1.807, 2.05) is 13.8 Å². The summed E-state index contributed by atoms with van der Waals surface area (Å²) >= 11 is 0. The van der Waals surface area contributed by atoms with Gasteiger partial charge < -0.3 is 15.3 Å². The molecule has 1 unspecified atom stereocenters. The number of amides is 1. The van der Waals surface area contributed by atoms with E-state index in [0.717, 1.165) is 0 Å². The van der Waals surface area contributed by atoms with Crippen molar-refractivity contribution in [3.63, 3.8) is 0 Å². The Labute approximate surface area is 84.6 Å². The van der Waals surface area contributed by atoms with Gasteiger partial charge in [-0.25, -0.2) is 0 Å². The van der Waals surface area contributed by atoms with E-state index in [-0.39, 0.29) is 18.1 Å². The first-order valence-corrected chi connectivity index (χ1v) is 4.79. The van der Waals surface area contributed by atoms with Crippen LogP contribution in [-0.4, -0.2) is 47.2 Å². The molecular formula is C10H18N2O2. The van der Waals surface area contributed by atoms with Crippen molar-refractivity contribution in [2.24, 2.45) is 0 Å². The summed E-state index contributed by atoms with van der Waals surface area (Å²) in [6.07, 6.45) is 1.71. The standard InChI is InChI=1S/C10H18N2O2/c1-4-5-12-9(14)8(6-13)11-7-10(12,2)3/h4,8,11,13H,1,5-7H2,2-3H3. The zero-order valence-corrected chi connectivity index (χ0v) is 8.79. The van der Waals surface area contributed by atoms with Crippen LogP contribution in [0.1, 0.15) is 13.8 Å². The van der Waals surface area contributed by atoms with Crippen LogP contribution in [0.3, 0.4) is 0 Å². The van der Waals surface area contributed by atoms with Gasteiger partial charge in [-0.15, -0.1) is 6.58 Å². The molecule has 0 bridgehead atoms. The Hall–Kier alpha value is -0.870. The molecule has 2 N–H and O–H groups in total. The van der Waals surface area contributed by atoms with Crippen LogP contribution < -0.4 is 5.32 Å². The summed E-state index contributed by atoms with van der Waals surface area (Å²) in [7, 11) is 0. The number of nitrogens with zero attached hydrogens (tertiary/aromatic N) is 1. The van der Waals surface area contributed by atoms with Crippen LogP contribution >= 0.6 is 0 Å². The minimum absolute atomic E-state index is 0.0522. The van der Waals surface area contributed by atoms with Gasteiger partial charge in [0.25, 0.3) is 0 Å². The van der Waals surface area contributed by atoms with Gasteiger partial charge in [-0.05, 0) is 13.8 Å². The van der Waals surface area contributed by atoms with Gasteiger partial charge in [-0.2, -0.15) is 0 Å². The van der Waals surface area contributed by atoms with Crippen LogP contribution in [0.25, 0.3) is 0 Å². The lowest BCUT2D eigenvalue weighted by atomic mass is 9.97. The van der Waals surface area contributed by atoms with Gasteiger partial charge >= 0.3 is 0 Å². The average Bonchev–Trinajstić information content (AvgIpc) is 2.12. The molecule has 0 spiro atoms. The fourth-order valence-corrected chi connectivity index (χ4v) is 1.65. The van der Waals surface area contributed by atoms with Gasteiger partial charge in [0, 0.05) is 13.1 Å². The van der Waals surface area contributed by atoms with Crippen molar-refractivity contribution in [2.45, 2.75) is 25.4 Å². The van der Waals surface area contributed by atoms with Crippen LogP contribution in [0, 0.1) is 0 Å². The van der Waals surface area contributed by atoms with E-state index in [1.54, 1.807) is 11.0 Å². The summed E-state index contributed by atoms with van der Waals surface area (Å²) < 4.78 is 0. The number of hydrogen-bond donors (Lipinski definition) is 2. The molecule has 1 amide bonds. The molecular weight excluding hydrogens is 180 g/mol. The third kappa shape index (κ3) is 1.96. The summed E-state index contributed by atoms with van der Waals surface area (Å²) in [6, 6.07) is -0.456. The Balaban J connectivity index is 2.81. The topological polar surface area (TPSA) is 52.6 Å². The minimum atomic E-state index is -0.456. The molecule has 1 rings (SSSR count). The molecule has 1 heterocycles. The molecule has 0 aromatic rings. The van der Waals surface area contributed by atoms with Crippen molar-refractivity contribution in [3.05, 3.63) is 12.7 Å². The van der Waals surface area contributed by atoms with E-state index < -0.39 is 6.04 Å². The summed E-state index contributed by atoms with van der Waals surface area (Å²) in [5.74, 6) is -0.0522. The van der Waals surface area contributed by atoms with Gasteiger partial charge in [0.15, 0.2) is 0 Å². The molecule has 0 saturated carbocycles. The maximum absolute atomic E-state index is 11.8. The van der Waals surface area contributed by atoms with E-state index in [4.69, 9.17) is 5.11 Å². The van der Waals surface area contributed by atoms with Crippen LogP contribution in [0.2, 0.25) is 0 Å². The number of hydrogen-bond acceptors (Lipinski definition) is 3. The van der Waals surface area contributed by atoms with Gasteiger partial charge in [-0.1, -0.05) is 6.08 Å². The summed E-state index contributed by atoms with van der Waals surface area (Å²) in [5, 5.41) is 12.0.